The van der Waals surface area contributed by atoms with Gasteiger partial charge in [-0.3, -0.25) is 4.79 Å². The molecular formula is C15H20N2O2S. The normalized spacial score (nSPS) is 25.1. The van der Waals surface area contributed by atoms with Gasteiger partial charge in [-0.25, -0.2) is 0 Å². The van der Waals surface area contributed by atoms with Gasteiger partial charge in [0.1, 0.15) is 5.75 Å². The number of hydrogen-bond acceptors (Lipinski definition) is 4. The van der Waals surface area contributed by atoms with Crippen LogP contribution in [0.5, 0.6) is 5.75 Å². The van der Waals surface area contributed by atoms with Crippen molar-refractivity contribution in [3.63, 3.8) is 0 Å². The predicted octanol–water partition coefficient (Wildman–Crippen LogP) is 1.61. The van der Waals surface area contributed by atoms with Gasteiger partial charge in [0.25, 0.3) is 5.91 Å². The predicted molar refractivity (Wildman–Crippen MR) is 80.2 cm³/mol. The summed E-state index contributed by atoms with van der Waals surface area (Å²) >= 11 is 1.71. The number of thioether (sulfide) groups is 1. The number of amides is 1. The molecule has 2 heterocycles. The Morgan fingerprint density at radius 2 is 2.35 bits per heavy atom. The van der Waals surface area contributed by atoms with Crippen LogP contribution in [0.15, 0.2) is 29.2 Å². The first-order chi connectivity index (χ1) is 9.78. The third-order valence-corrected chi connectivity index (χ3v) is 4.99. The molecule has 108 valence electrons. The smallest absolute Gasteiger partial charge is 0.264 e. The lowest BCUT2D eigenvalue weighted by atomic mass is 10.1. The number of fused-ring (bicyclic) bond motifs is 1. The molecule has 2 aliphatic rings. The van der Waals surface area contributed by atoms with Crippen molar-refractivity contribution in [1.29, 1.82) is 0 Å². The van der Waals surface area contributed by atoms with Crippen molar-refractivity contribution < 1.29 is 9.53 Å². The quantitative estimate of drug-likeness (QED) is 0.919. The fourth-order valence-electron chi connectivity index (χ4n) is 2.83. The van der Waals surface area contributed by atoms with Crippen LogP contribution in [0.25, 0.3) is 0 Å². The Bertz CT molecular complexity index is 495. The van der Waals surface area contributed by atoms with Gasteiger partial charge in [0.2, 0.25) is 0 Å². The van der Waals surface area contributed by atoms with Gasteiger partial charge in [-0.2, -0.15) is 0 Å². The van der Waals surface area contributed by atoms with Crippen LogP contribution >= 0.6 is 11.8 Å². The topological polar surface area (TPSA) is 41.6 Å². The lowest BCUT2D eigenvalue weighted by Gasteiger charge is -2.28. The zero-order valence-corrected chi connectivity index (χ0v) is 12.5. The van der Waals surface area contributed by atoms with Crippen molar-refractivity contribution in [2.24, 2.45) is 5.92 Å². The van der Waals surface area contributed by atoms with Crippen LogP contribution in [0.2, 0.25) is 0 Å². The summed E-state index contributed by atoms with van der Waals surface area (Å²) in [5.74, 6) is 2.27. The molecule has 20 heavy (non-hydrogen) atoms. The largest absolute Gasteiger partial charge is 0.479 e. The molecule has 2 aliphatic heterocycles. The summed E-state index contributed by atoms with van der Waals surface area (Å²) in [6.07, 6.45) is 0.756. The second-order valence-electron chi connectivity index (χ2n) is 5.36. The molecule has 3 rings (SSSR count). The number of carbonyl (C=O) groups excluding carboxylic acids is 1. The Kier molecular flexibility index (Phi) is 4.17. The Labute approximate surface area is 123 Å². The first-order valence-corrected chi connectivity index (χ1v) is 8.08. The van der Waals surface area contributed by atoms with Crippen molar-refractivity contribution in [2.75, 3.05) is 32.4 Å². The van der Waals surface area contributed by atoms with Gasteiger partial charge >= 0.3 is 0 Å². The average molecular weight is 292 g/mol. The van der Waals surface area contributed by atoms with Crippen molar-refractivity contribution >= 4 is 17.7 Å². The molecule has 1 saturated heterocycles. The van der Waals surface area contributed by atoms with Crippen molar-refractivity contribution in [1.82, 2.24) is 10.2 Å². The summed E-state index contributed by atoms with van der Waals surface area (Å²) in [6, 6.07) is 7.93. The van der Waals surface area contributed by atoms with E-state index in [1.54, 1.807) is 11.8 Å². The number of benzene rings is 1. The minimum atomic E-state index is -0.330. The van der Waals surface area contributed by atoms with Crippen LogP contribution in [0, 0.1) is 5.92 Å². The fourth-order valence-corrected chi connectivity index (χ4v) is 3.81. The highest BCUT2D eigenvalue weighted by Gasteiger charge is 2.33. The van der Waals surface area contributed by atoms with E-state index in [1.165, 1.54) is 0 Å². The molecule has 1 amide bonds. The summed E-state index contributed by atoms with van der Waals surface area (Å²) in [6.45, 7) is 2.69. The number of likely N-dealkylation sites (tertiary alicyclic amines) is 1. The molecule has 0 saturated carbocycles. The minimum absolute atomic E-state index is 0.144. The summed E-state index contributed by atoms with van der Waals surface area (Å²) in [4.78, 5) is 15.6. The second kappa shape index (κ2) is 6.06. The minimum Gasteiger partial charge on any atom is -0.479 e. The monoisotopic (exact) mass is 292 g/mol. The van der Waals surface area contributed by atoms with Gasteiger partial charge in [-0.05, 0) is 38.1 Å². The zero-order chi connectivity index (χ0) is 13.9. The molecule has 1 aromatic carbocycles. The van der Waals surface area contributed by atoms with Crippen LogP contribution in [-0.2, 0) is 4.79 Å². The Hall–Kier alpha value is -1.20. The third-order valence-electron chi connectivity index (χ3n) is 3.87. The zero-order valence-electron chi connectivity index (χ0n) is 11.7. The molecule has 0 radical (unpaired) electrons. The van der Waals surface area contributed by atoms with Crippen molar-refractivity contribution in [3.8, 4) is 5.75 Å². The molecule has 0 spiro atoms. The van der Waals surface area contributed by atoms with Crippen LogP contribution in [-0.4, -0.2) is 49.3 Å². The highest BCUT2D eigenvalue weighted by Crippen LogP contribution is 2.35. The van der Waals surface area contributed by atoms with Crippen LogP contribution in [0.1, 0.15) is 6.42 Å². The maximum Gasteiger partial charge on any atom is 0.264 e. The highest BCUT2D eigenvalue weighted by atomic mass is 32.2. The molecule has 0 aliphatic carbocycles. The van der Waals surface area contributed by atoms with Crippen molar-refractivity contribution in [3.05, 3.63) is 24.3 Å². The molecule has 0 bridgehead atoms. The van der Waals surface area contributed by atoms with E-state index in [1.807, 2.05) is 36.2 Å². The van der Waals surface area contributed by atoms with E-state index in [-0.39, 0.29) is 12.0 Å². The van der Waals surface area contributed by atoms with Crippen molar-refractivity contribution in [2.45, 2.75) is 17.4 Å². The van der Waals surface area contributed by atoms with E-state index in [4.69, 9.17) is 4.74 Å². The maximum absolute atomic E-state index is 12.5. The Morgan fingerprint density at radius 3 is 3.20 bits per heavy atom. The lowest BCUT2D eigenvalue weighted by molar-refractivity contribution is -0.136. The molecule has 1 fully saturated rings. The van der Waals surface area contributed by atoms with Crippen LogP contribution in [0.3, 0.4) is 0 Å². The number of para-hydroxylation sites is 1. The highest BCUT2D eigenvalue weighted by molar-refractivity contribution is 7.99. The van der Waals surface area contributed by atoms with E-state index in [2.05, 4.69) is 5.32 Å². The van der Waals surface area contributed by atoms with E-state index >= 15 is 0 Å². The van der Waals surface area contributed by atoms with Gasteiger partial charge in [0, 0.05) is 23.7 Å². The first-order valence-electron chi connectivity index (χ1n) is 7.10. The summed E-state index contributed by atoms with van der Waals surface area (Å²) < 4.78 is 5.87. The molecule has 4 nitrogen and oxygen atoms in total. The van der Waals surface area contributed by atoms with Crippen LogP contribution in [0.4, 0.5) is 0 Å². The molecule has 2 unspecified atom stereocenters. The number of nitrogens with zero attached hydrogens (tertiary/aromatic N) is 1. The van der Waals surface area contributed by atoms with Gasteiger partial charge in [0.15, 0.2) is 6.10 Å². The summed E-state index contributed by atoms with van der Waals surface area (Å²) in [5, 5.41) is 3.19. The standard InChI is InChI=1S/C15H20N2O2S/c1-16-8-11-6-7-17(9-11)15(18)13-10-20-14-5-3-2-4-12(14)19-13/h2-5,11,13,16H,6-10H2,1H3. The maximum atomic E-state index is 12.5. The Morgan fingerprint density at radius 1 is 1.50 bits per heavy atom. The molecule has 2 atom stereocenters. The fraction of sp³-hybridized carbons (Fsp3) is 0.533. The van der Waals surface area contributed by atoms with E-state index < -0.39 is 0 Å². The molecule has 0 aromatic heterocycles. The number of hydrogen-bond donors (Lipinski definition) is 1. The summed E-state index contributed by atoms with van der Waals surface area (Å²) in [5.41, 5.74) is 0. The Balaban J connectivity index is 1.62. The van der Waals surface area contributed by atoms with Gasteiger partial charge in [-0.1, -0.05) is 12.1 Å². The number of nitrogens with one attached hydrogen (secondary N) is 1. The lowest BCUT2D eigenvalue weighted by Crippen LogP contribution is -2.43. The molecule has 1 aromatic rings. The third kappa shape index (κ3) is 2.79. The average Bonchev–Trinajstić information content (AvgIpc) is 2.95. The number of rotatable bonds is 3. The van der Waals surface area contributed by atoms with E-state index in [0.29, 0.717) is 11.7 Å². The second-order valence-corrected chi connectivity index (χ2v) is 6.42. The first kappa shape index (κ1) is 13.8. The molecule has 1 N–H and O–H groups in total. The SMILES string of the molecule is CNCC1CCN(C(=O)C2CSc3ccccc3O2)C1. The summed E-state index contributed by atoms with van der Waals surface area (Å²) in [7, 11) is 1.96. The van der Waals surface area contributed by atoms with Crippen LogP contribution < -0.4 is 10.1 Å². The van der Waals surface area contributed by atoms with Gasteiger partial charge in [0.05, 0.1) is 0 Å². The van der Waals surface area contributed by atoms with Gasteiger partial charge < -0.3 is 15.0 Å². The molecule has 5 heteroatoms. The van der Waals surface area contributed by atoms with E-state index in [0.717, 1.165) is 36.7 Å². The van der Waals surface area contributed by atoms with E-state index in [9.17, 15) is 4.79 Å². The van der Waals surface area contributed by atoms with Gasteiger partial charge in [-0.15, -0.1) is 11.8 Å². The number of ether oxygens (including phenoxy) is 1. The molecular weight excluding hydrogens is 272 g/mol. The number of carbonyl (C=O) groups is 1.